The van der Waals surface area contributed by atoms with Crippen LogP contribution in [0.2, 0.25) is 0 Å². The molecule has 0 aliphatic heterocycles. The Hall–Kier alpha value is -2.89. The molecule has 0 saturated heterocycles. The molecule has 0 saturated carbocycles. The molecule has 0 aliphatic carbocycles. The van der Waals surface area contributed by atoms with E-state index in [-0.39, 0.29) is 5.91 Å². The number of ether oxygens (including phenoxy) is 2. The number of amides is 1. The molecule has 132 valence electrons. The Kier molecular flexibility index (Phi) is 6.95. The smallest absolute Gasteiger partial charge is 0.272 e. The van der Waals surface area contributed by atoms with Crippen LogP contribution in [-0.4, -0.2) is 30.8 Å². The molecule has 0 radical (unpaired) electrons. The molecule has 0 unspecified atom stereocenters. The standard InChI is InChI=1S/C19H23N3O3/c1-14(2)8-10-25-17-7-6-15(11-18(17)24-3)12-21-22-19(23)16-5-4-9-20-13-16/h4-7,9,11-14H,8,10H2,1-3H3,(H,22,23). The Morgan fingerprint density at radius 1 is 1.32 bits per heavy atom. The molecule has 0 aliphatic rings. The zero-order chi connectivity index (χ0) is 18.1. The number of rotatable bonds is 8. The van der Waals surface area contributed by atoms with Crippen molar-refractivity contribution in [2.45, 2.75) is 20.3 Å². The number of carbonyl (C=O) groups excluding carboxylic acids is 1. The summed E-state index contributed by atoms with van der Waals surface area (Å²) in [5.74, 6) is 1.59. The molecule has 2 aromatic rings. The van der Waals surface area contributed by atoms with Crippen LogP contribution in [0, 0.1) is 5.92 Å². The van der Waals surface area contributed by atoms with Crippen molar-refractivity contribution in [2.24, 2.45) is 11.0 Å². The zero-order valence-electron chi connectivity index (χ0n) is 14.7. The Morgan fingerprint density at radius 2 is 2.16 bits per heavy atom. The highest BCUT2D eigenvalue weighted by atomic mass is 16.5. The van der Waals surface area contributed by atoms with E-state index in [2.05, 4.69) is 29.4 Å². The fourth-order valence-corrected chi connectivity index (χ4v) is 2.02. The summed E-state index contributed by atoms with van der Waals surface area (Å²) in [5, 5.41) is 3.96. The van der Waals surface area contributed by atoms with Crippen molar-refractivity contribution >= 4 is 12.1 Å². The molecule has 0 atom stereocenters. The predicted molar refractivity (Wildman–Crippen MR) is 97.2 cm³/mol. The Balaban J connectivity index is 1.96. The van der Waals surface area contributed by atoms with E-state index in [0.29, 0.717) is 29.6 Å². The lowest BCUT2D eigenvalue weighted by Gasteiger charge is -2.12. The summed E-state index contributed by atoms with van der Waals surface area (Å²) >= 11 is 0. The van der Waals surface area contributed by atoms with Crippen LogP contribution in [-0.2, 0) is 0 Å². The van der Waals surface area contributed by atoms with Gasteiger partial charge >= 0.3 is 0 Å². The summed E-state index contributed by atoms with van der Waals surface area (Å²) in [4.78, 5) is 15.8. The van der Waals surface area contributed by atoms with E-state index in [1.54, 1.807) is 31.7 Å². The van der Waals surface area contributed by atoms with Gasteiger partial charge in [0.05, 0.1) is 25.5 Å². The first-order chi connectivity index (χ1) is 12.1. The quantitative estimate of drug-likeness (QED) is 0.591. The van der Waals surface area contributed by atoms with Crippen LogP contribution >= 0.6 is 0 Å². The lowest BCUT2D eigenvalue weighted by Crippen LogP contribution is -2.17. The summed E-state index contributed by atoms with van der Waals surface area (Å²) in [6.45, 7) is 4.95. The number of hydrogen-bond donors (Lipinski definition) is 1. The number of nitrogens with zero attached hydrogens (tertiary/aromatic N) is 2. The van der Waals surface area contributed by atoms with Gasteiger partial charge in [-0.25, -0.2) is 5.43 Å². The van der Waals surface area contributed by atoms with Gasteiger partial charge in [0.1, 0.15) is 0 Å². The van der Waals surface area contributed by atoms with E-state index in [9.17, 15) is 4.79 Å². The average molecular weight is 341 g/mol. The van der Waals surface area contributed by atoms with Crippen LogP contribution in [0.25, 0.3) is 0 Å². The molecule has 1 heterocycles. The third kappa shape index (κ3) is 5.91. The van der Waals surface area contributed by atoms with Gasteiger partial charge in [0.15, 0.2) is 11.5 Å². The monoisotopic (exact) mass is 341 g/mol. The third-order valence-corrected chi connectivity index (χ3v) is 3.44. The number of nitrogens with one attached hydrogen (secondary N) is 1. The van der Waals surface area contributed by atoms with Crippen LogP contribution in [0.15, 0.2) is 47.8 Å². The van der Waals surface area contributed by atoms with E-state index in [1.165, 1.54) is 6.20 Å². The SMILES string of the molecule is COc1cc(C=NNC(=O)c2cccnc2)ccc1OCCC(C)C. The number of methoxy groups -OCH3 is 1. The van der Waals surface area contributed by atoms with E-state index >= 15 is 0 Å². The van der Waals surface area contributed by atoms with Crippen molar-refractivity contribution < 1.29 is 14.3 Å². The first-order valence-electron chi connectivity index (χ1n) is 8.14. The van der Waals surface area contributed by atoms with Crippen molar-refractivity contribution in [1.82, 2.24) is 10.4 Å². The van der Waals surface area contributed by atoms with Gasteiger partial charge in [-0.05, 0) is 48.2 Å². The minimum absolute atomic E-state index is 0.315. The van der Waals surface area contributed by atoms with E-state index in [1.807, 2.05) is 18.2 Å². The molecule has 0 bridgehead atoms. The van der Waals surface area contributed by atoms with Crippen molar-refractivity contribution in [1.29, 1.82) is 0 Å². The van der Waals surface area contributed by atoms with Gasteiger partial charge in [0, 0.05) is 12.4 Å². The number of pyridine rings is 1. The lowest BCUT2D eigenvalue weighted by molar-refractivity contribution is 0.0955. The molecule has 2 rings (SSSR count). The molecule has 1 amide bonds. The molecule has 6 heteroatoms. The van der Waals surface area contributed by atoms with Gasteiger partial charge < -0.3 is 9.47 Å². The molecule has 1 aromatic heterocycles. The van der Waals surface area contributed by atoms with Gasteiger partial charge in [-0.3, -0.25) is 9.78 Å². The number of hydrazone groups is 1. The van der Waals surface area contributed by atoms with E-state index in [4.69, 9.17) is 9.47 Å². The van der Waals surface area contributed by atoms with Gasteiger partial charge in [-0.1, -0.05) is 13.8 Å². The summed E-state index contributed by atoms with van der Waals surface area (Å²) in [5.41, 5.74) is 3.71. The van der Waals surface area contributed by atoms with Crippen LogP contribution < -0.4 is 14.9 Å². The van der Waals surface area contributed by atoms with E-state index < -0.39 is 0 Å². The van der Waals surface area contributed by atoms with Crippen LogP contribution in [0.4, 0.5) is 0 Å². The van der Waals surface area contributed by atoms with Gasteiger partial charge in [-0.2, -0.15) is 5.10 Å². The molecule has 0 fully saturated rings. The number of hydrogen-bond acceptors (Lipinski definition) is 5. The fourth-order valence-electron chi connectivity index (χ4n) is 2.02. The normalized spacial score (nSPS) is 10.9. The van der Waals surface area contributed by atoms with Crippen molar-refractivity contribution in [3.05, 3.63) is 53.9 Å². The second-order valence-corrected chi connectivity index (χ2v) is 5.88. The highest BCUT2D eigenvalue weighted by Gasteiger charge is 2.06. The van der Waals surface area contributed by atoms with E-state index in [0.717, 1.165) is 12.0 Å². The fraction of sp³-hybridized carbons (Fsp3) is 0.316. The van der Waals surface area contributed by atoms with Crippen LogP contribution in [0.3, 0.4) is 0 Å². The molecule has 6 nitrogen and oxygen atoms in total. The molecule has 1 aromatic carbocycles. The average Bonchev–Trinajstić information content (AvgIpc) is 2.63. The molecule has 1 N–H and O–H groups in total. The number of aromatic nitrogens is 1. The first kappa shape index (κ1) is 18.4. The molecule has 25 heavy (non-hydrogen) atoms. The Morgan fingerprint density at radius 3 is 2.84 bits per heavy atom. The van der Waals surface area contributed by atoms with Crippen LogP contribution in [0.5, 0.6) is 11.5 Å². The maximum Gasteiger partial charge on any atom is 0.272 e. The second kappa shape index (κ2) is 9.42. The molecule has 0 spiro atoms. The predicted octanol–water partition coefficient (Wildman–Crippen LogP) is 3.28. The van der Waals surface area contributed by atoms with Crippen molar-refractivity contribution in [3.8, 4) is 11.5 Å². The zero-order valence-corrected chi connectivity index (χ0v) is 14.7. The first-order valence-corrected chi connectivity index (χ1v) is 8.14. The minimum Gasteiger partial charge on any atom is -0.493 e. The summed E-state index contributed by atoms with van der Waals surface area (Å²) in [7, 11) is 1.59. The van der Waals surface area contributed by atoms with Gasteiger partial charge in [-0.15, -0.1) is 0 Å². The summed E-state index contributed by atoms with van der Waals surface area (Å²) in [6.07, 6.45) is 5.62. The van der Waals surface area contributed by atoms with Crippen LogP contribution in [0.1, 0.15) is 36.2 Å². The highest BCUT2D eigenvalue weighted by molar-refractivity contribution is 5.94. The number of benzene rings is 1. The summed E-state index contributed by atoms with van der Waals surface area (Å²) in [6, 6.07) is 8.87. The lowest BCUT2D eigenvalue weighted by atomic mass is 10.1. The van der Waals surface area contributed by atoms with Crippen molar-refractivity contribution in [2.75, 3.05) is 13.7 Å². The summed E-state index contributed by atoms with van der Waals surface area (Å²) < 4.78 is 11.1. The van der Waals surface area contributed by atoms with Gasteiger partial charge in [0.25, 0.3) is 5.91 Å². The third-order valence-electron chi connectivity index (χ3n) is 3.44. The maximum atomic E-state index is 11.9. The minimum atomic E-state index is -0.315. The molecular formula is C19H23N3O3. The topological polar surface area (TPSA) is 72.8 Å². The molecular weight excluding hydrogens is 318 g/mol. The second-order valence-electron chi connectivity index (χ2n) is 5.88. The van der Waals surface area contributed by atoms with Gasteiger partial charge in [0.2, 0.25) is 0 Å². The van der Waals surface area contributed by atoms with Crippen molar-refractivity contribution in [3.63, 3.8) is 0 Å². The maximum absolute atomic E-state index is 11.9. The Labute approximate surface area is 147 Å². The largest absolute Gasteiger partial charge is 0.493 e. The Bertz CT molecular complexity index is 715. The highest BCUT2D eigenvalue weighted by Crippen LogP contribution is 2.27. The number of carbonyl (C=O) groups is 1.